The number of amides is 1. The summed E-state index contributed by atoms with van der Waals surface area (Å²) in [5, 5.41) is 0.771. The molecule has 52 heavy (non-hydrogen) atoms. The summed E-state index contributed by atoms with van der Waals surface area (Å²) in [5.74, 6) is 0.204. The number of hydrogen-bond acceptors (Lipinski definition) is 9. The maximum absolute atomic E-state index is 15.4. The molecule has 14 heteroatoms. The van der Waals surface area contributed by atoms with E-state index in [1.54, 1.807) is 60.9 Å². The molecule has 0 saturated carbocycles. The lowest BCUT2D eigenvalue weighted by Gasteiger charge is -2.44. The summed E-state index contributed by atoms with van der Waals surface area (Å²) in [6.45, 7) is 2.59. The van der Waals surface area contributed by atoms with Crippen LogP contribution in [0.15, 0.2) is 73.1 Å². The summed E-state index contributed by atoms with van der Waals surface area (Å²) in [7, 11) is 4.47. The molecule has 3 saturated heterocycles. The number of fused-ring (bicyclic) bond motifs is 3. The Balaban J connectivity index is 0.00000523. The molecule has 4 heterocycles. The van der Waals surface area contributed by atoms with Crippen LogP contribution in [0.25, 0.3) is 0 Å². The highest BCUT2D eigenvalue weighted by Gasteiger charge is 2.38. The fourth-order valence-electron chi connectivity index (χ4n) is 6.66. The first kappa shape index (κ1) is 38.6. The molecule has 276 valence electrons. The molecule has 1 aromatic heterocycles. The summed E-state index contributed by atoms with van der Waals surface area (Å²) in [6, 6.07) is 16.2. The van der Waals surface area contributed by atoms with Gasteiger partial charge in [0.25, 0.3) is 0 Å². The molecule has 3 fully saturated rings. The topological polar surface area (TPSA) is 131 Å². The van der Waals surface area contributed by atoms with Crippen LogP contribution in [0.1, 0.15) is 46.0 Å². The maximum Gasteiger partial charge on any atom is 0.415 e. The van der Waals surface area contributed by atoms with Crippen LogP contribution in [0.2, 0.25) is 10.0 Å². The Hall–Kier alpha value is -4.62. The van der Waals surface area contributed by atoms with Gasteiger partial charge < -0.3 is 29.2 Å². The number of aromatic amines is 1. The zero-order valence-corrected chi connectivity index (χ0v) is 30.5. The minimum Gasteiger partial charge on any atom is -0.870 e. The van der Waals surface area contributed by atoms with Crippen molar-refractivity contribution in [3.8, 4) is 17.2 Å². The molecule has 7 rings (SSSR count). The second kappa shape index (κ2) is 17.3. The molecule has 3 aliphatic heterocycles. The van der Waals surface area contributed by atoms with E-state index in [0.717, 1.165) is 25.9 Å². The first-order valence-corrected chi connectivity index (χ1v) is 17.3. The third-order valence-electron chi connectivity index (χ3n) is 9.45. The number of rotatable bonds is 12. The number of nitrogens with zero attached hydrogens (tertiary/aromatic N) is 2. The van der Waals surface area contributed by atoms with Gasteiger partial charge in [-0.25, -0.2) is 19.0 Å². The molecule has 0 unspecified atom stereocenters. The van der Waals surface area contributed by atoms with Gasteiger partial charge in [-0.15, -0.1) is 0 Å². The molecular formula is C38H40Cl2FN3O8. The van der Waals surface area contributed by atoms with Gasteiger partial charge >= 0.3 is 12.1 Å². The van der Waals surface area contributed by atoms with Crippen molar-refractivity contribution in [2.24, 2.45) is 5.92 Å². The largest absolute Gasteiger partial charge is 0.870 e. The van der Waals surface area contributed by atoms with E-state index >= 15 is 4.39 Å². The summed E-state index contributed by atoms with van der Waals surface area (Å²) < 4.78 is 43.8. The van der Waals surface area contributed by atoms with Gasteiger partial charge in [-0.3, -0.25) is 9.80 Å². The number of carbonyl (C=O) groups is 2. The van der Waals surface area contributed by atoms with Crippen LogP contribution < -0.4 is 24.1 Å². The van der Waals surface area contributed by atoms with Crippen LogP contribution in [0.5, 0.6) is 17.2 Å². The number of para-hydroxylation sites is 1. The summed E-state index contributed by atoms with van der Waals surface area (Å²) >= 11 is 12.9. The molecule has 11 nitrogen and oxygen atoms in total. The second-order valence-electron chi connectivity index (χ2n) is 12.5. The Labute approximate surface area is 311 Å². The smallest absolute Gasteiger partial charge is 0.415 e. The van der Waals surface area contributed by atoms with Crippen molar-refractivity contribution < 1.29 is 48.1 Å². The Morgan fingerprint density at radius 2 is 1.60 bits per heavy atom. The Kier molecular flexibility index (Phi) is 12.8. The number of halogens is 3. The van der Waals surface area contributed by atoms with Crippen molar-refractivity contribution in [3.05, 3.63) is 111 Å². The summed E-state index contributed by atoms with van der Waals surface area (Å²) in [4.78, 5) is 33.8. The normalized spacial score (nSPS) is 18.1. The van der Waals surface area contributed by atoms with E-state index in [-0.39, 0.29) is 47.5 Å². The number of H-pyrrole nitrogens is 1. The number of esters is 1. The van der Waals surface area contributed by atoms with Gasteiger partial charge in [0.2, 0.25) is 0 Å². The molecule has 0 radical (unpaired) electrons. The quantitative estimate of drug-likeness (QED) is 0.138. The van der Waals surface area contributed by atoms with Crippen LogP contribution in [0.4, 0.5) is 14.9 Å². The van der Waals surface area contributed by atoms with Gasteiger partial charge in [0.05, 0.1) is 33.4 Å². The lowest BCUT2D eigenvalue weighted by molar-refractivity contribution is -0.377. The molecule has 0 aliphatic carbocycles. The number of ether oxygens (including phenoxy) is 5. The van der Waals surface area contributed by atoms with Crippen molar-refractivity contribution in [2.75, 3.05) is 45.9 Å². The lowest BCUT2D eigenvalue weighted by atomic mass is 9.86. The van der Waals surface area contributed by atoms with E-state index in [1.807, 2.05) is 0 Å². The Morgan fingerprint density at radius 3 is 2.21 bits per heavy atom. The third kappa shape index (κ3) is 8.53. The molecule has 3 aliphatic rings. The highest BCUT2D eigenvalue weighted by Crippen LogP contribution is 2.37. The maximum atomic E-state index is 15.4. The zero-order chi connectivity index (χ0) is 36.1. The minimum atomic E-state index is -0.806. The number of aromatic nitrogens is 1. The number of pyridine rings is 1. The van der Waals surface area contributed by atoms with Crippen molar-refractivity contribution in [1.82, 2.24) is 4.90 Å². The Morgan fingerprint density at radius 1 is 0.923 bits per heavy atom. The van der Waals surface area contributed by atoms with Crippen LogP contribution in [-0.4, -0.2) is 69.5 Å². The SMILES string of the molecule is COc1ccc([C@H](Cc2c(Cl)c[nH+]cc2Cl)OC(=O)c2ccc(CN(C(=O)O[C@H]3CN4CCC3CC4)c3c(F)cccc3OC)cc2)cc1OC.[OH-]. The highest BCUT2D eigenvalue weighted by atomic mass is 35.5. The predicted octanol–water partition coefficient (Wildman–Crippen LogP) is 7.17. The second-order valence-corrected chi connectivity index (χ2v) is 13.3. The number of carbonyl (C=O) groups excluding carboxylic acids is 2. The molecule has 3 aromatic carbocycles. The lowest BCUT2D eigenvalue weighted by Crippen LogP contribution is -2.53. The van der Waals surface area contributed by atoms with E-state index in [2.05, 4.69) is 9.88 Å². The molecule has 1 amide bonds. The van der Waals surface area contributed by atoms with Crippen molar-refractivity contribution in [3.63, 3.8) is 0 Å². The average Bonchev–Trinajstić information content (AvgIpc) is 3.15. The van der Waals surface area contributed by atoms with Crippen LogP contribution >= 0.6 is 23.2 Å². The van der Waals surface area contributed by atoms with Crippen LogP contribution in [0, 0.1) is 11.7 Å². The Bertz CT molecular complexity index is 1850. The van der Waals surface area contributed by atoms with E-state index in [1.165, 1.54) is 38.4 Å². The number of hydrogen-bond donors (Lipinski definition) is 0. The van der Waals surface area contributed by atoms with Gasteiger partial charge in [0, 0.05) is 18.5 Å². The fraction of sp³-hybridized carbons (Fsp3) is 0.342. The van der Waals surface area contributed by atoms with Gasteiger partial charge in [0.1, 0.15) is 33.7 Å². The monoisotopic (exact) mass is 755 g/mol. The third-order valence-corrected chi connectivity index (χ3v) is 10.1. The number of methoxy groups -OCH3 is 3. The number of benzene rings is 3. The predicted molar refractivity (Wildman–Crippen MR) is 191 cm³/mol. The van der Waals surface area contributed by atoms with Crippen LogP contribution in [-0.2, 0) is 22.4 Å². The molecular weight excluding hydrogens is 716 g/mol. The van der Waals surface area contributed by atoms with E-state index < -0.39 is 24.0 Å². The number of nitrogens with one attached hydrogen (secondary N) is 1. The van der Waals surface area contributed by atoms with Gasteiger partial charge in [0.15, 0.2) is 29.7 Å². The highest BCUT2D eigenvalue weighted by molar-refractivity contribution is 6.35. The number of piperidine rings is 3. The summed E-state index contributed by atoms with van der Waals surface area (Å²) in [6.07, 6.45) is 3.52. The van der Waals surface area contributed by atoms with Gasteiger partial charge in [-0.05, 0) is 79.4 Å². The van der Waals surface area contributed by atoms with Gasteiger partial charge in [-0.1, -0.05) is 47.5 Å². The van der Waals surface area contributed by atoms with E-state index in [4.69, 9.17) is 46.9 Å². The minimum absolute atomic E-state index is 0. The molecule has 0 spiro atoms. The van der Waals surface area contributed by atoms with Crippen molar-refractivity contribution in [1.29, 1.82) is 0 Å². The zero-order valence-electron chi connectivity index (χ0n) is 28.9. The molecule has 4 aromatic rings. The van der Waals surface area contributed by atoms with Crippen molar-refractivity contribution >= 4 is 41.0 Å². The standard InChI is InChI=1S/C38H38Cl2FN3O7.H2O/c1-47-31-12-11-26(17-34(31)49-3)33(18-27-28(39)19-42-20-29(27)40)50-37(45)25-9-7-23(8-10-25)21-44(36-30(41)5-4-6-32(36)48-2)38(46)51-35-22-43-15-13-24(35)14-16-43;/h4-12,17,19-20,24,33,35H,13-16,18,21-22H2,1-3H3;1H2/t33-,35-;/m0./s1. The molecule has 2 atom stereocenters. The fourth-order valence-corrected chi connectivity index (χ4v) is 7.19. The first-order valence-electron chi connectivity index (χ1n) is 16.6. The summed E-state index contributed by atoms with van der Waals surface area (Å²) in [5.41, 5.74) is 2.08. The van der Waals surface area contributed by atoms with E-state index in [0.29, 0.717) is 44.8 Å². The van der Waals surface area contributed by atoms with Crippen molar-refractivity contribution in [2.45, 2.75) is 38.0 Å². The van der Waals surface area contributed by atoms with E-state index in [9.17, 15) is 9.59 Å². The average molecular weight is 757 g/mol. The van der Waals surface area contributed by atoms with Gasteiger partial charge in [-0.2, -0.15) is 0 Å². The first-order chi connectivity index (χ1) is 24.7. The molecule has 2 N–H and O–H groups in total. The number of anilines is 1. The van der Waals surface area contributed by atoms with Crippen LogP contribution in [0.3, 0.4) is 0 Å². The molecule has 2 bridgehead atoms.